The maximum absolute atomic E-state index is 3.51. The first-order chi connectivity index (χ1) is 2.50. The number of hydrogen-bond acceptors (Lipinski definition) is 3. The third-order valence-electron chi connectivity index (χ3n) is 0.283. The summed E-state index contributed by atoms with van der Waals surface area (Å²) in [7, 11) is 0. The molecule has 0 aliphatic carbocycles. The van der Waals surface area contributed by atoms with Gasteiger partial charge in [0, 0.05) is 41.0 Å². The molecular formula is C2H2LaN2S. The molecule has 1 aromatic heterocycles. The SMILES string of the molecule is [La].c1csnn1. The molecule has 0 spiro atoms. The molecule has 1 aromatic rings. The summed E-state index contributed by atoms with van der Waals surface area (Å²) < 4.78 is 3.51. The topological polar surface area (TPSA) is 25.8 Å². The minimum atomic E-state index is 0. The normalized spacial score (nSPS) is 6.67. The van der Waals surface area contributed by atoms with E-state index in [0.29, 0.717) is 0 Å². The van der Waals surface area contributed by atoms with Crippen LogP contribution in [0.5, 0.6) is 0 Å². The van der Waals surface area contributed by atoms with Crippen molar-refractivity contribution in [3.63, 3.8) is 0 Å². The second-order valence-electron chi connectivity index (χ2n) is 0.588. The van der Waals surface area contributed by atoms with Crippen molar-refractivity contribution in [2.24, 2.45) is 0 Å². The second-order valence-corrected chi connectivity index (χ2v) is 1.23. The van der Waals surface area contributed by atoms with Crippen molar-refractivity contribution in [2.45, 2.75) is 0 Å². The maximum atomic E-state index is 3.51. The van der Waals surface area contributed by atoms with Gasteiger partial charge in [0.2, 0.25) is 0 Å². The predicted octanol–water partition coefficient (Wildman–Crippen LogP) is 0.538. The number of hydrogen-bond donors (Lipinski definition) is 0. The molecule has 0 saturated heterocycles. The molecule has 4 heteroatoms. The maximum Gasteiger partial charge on any atom is 0.0620 e. The third-order valence-corrected chi connectivity index (χ3v) is 0.715. The van der Waals surface area contributed by atoms with Gasteiger partial charge in [0.25, 0.3) is 0 Å². The molecule has 0 atom stereocenters. The Morgan fingerprint density at radius 3 is 2.50 bits per heavy atom. The van der Waals surface area contributed by atoms with Crippen molar-refractivity contribution >= 4 is 11.5 Å². The summed E-state index contributed by atoms with van der Waals surface area (Å²) in [6.45, 7) is 0. The average Bonchev–Trinajstić information content (AvgIpc) is 1.76. The quantitative estimate of drug-likeness (QED) is 0.643. The Bertz CT molecular complexity index is 68.0. The van der Waals surface area contributed by atoms with Gasteiger partial charge in [-0.05, 0) is 11.5 Å². The standard InChI is InChI=1S/C2H2N2S.La/c1-2-5-4-3-1;/h1-2H;. The largest absolute Gasteiger partial charge is 0.147 e. The summed E-state index contributed by atoms with van der Waals surface area (Å²) in [6, 6.07) is 0. The van der Waals surface area contributed by atoms with E-state index in [0.717, 1.165) is 0 Å². The fraction of sp³-hybridized carbons (Fsp3) is 0. The van der Waals surface area contributed by atoms with E-state index in [2.05, 4.69) is 9.59 Å². The molecule has 6 heavy (non-hydrogen) atoms. The number of rotatable bonds is 0. The molecule has 0 saturated carbocycles. The summed E-state index contributed by atoms with van der Waals surface area (Å²) in [4.78, 5) is 0. The third kappa shape index (κ3) is 2.02. The average molecular weight is 225 g/mol. The van der Waals surface area contributed by atoms with Gasteiger partial charge in [0.05, 0.1) is 6.20 Å². The second kappa shape index (κ2) is 3.93. The van der Waals surface area contributed by atoms with Gasteiger partial charge < -0.3 is 0 Å². The summed E-state index contributed by atoms with van der Waals surface area (Å²) in [5, 5.41) is 5.31. The molecule has 0 bridgehead atoms. The molecule has 0 aliphatic heterocycles. The van der Waals surface area contributed by atoms with Crippen molar-refractivity contribution in [1.29, 1.82) is 0 Å². The van der Waals surface area contributed by atoms with Crippen LogP contribution in [0, 0.1) is 35.6 Å². The molecule has 29 valence electrons. The van der Waals surface area contributed by atoms with Crippen LogP contribution < -0.4 is 0 Å². The van der Waals surface area contributed by atoms with E-state index in [-0.39, 0.29) is 35.6 Å². The Labute approximate surface area is 67.7 Å². The molecule has 0 unspecified atom stereocenters. The van der Waals surface area contributed by atoms with Gasteiger partial charge in [0.15, 0.2) is 0 Å². The molecule has 0 fully saturated rings. The van der Waals surface area contributed by atoms with Crippen molar-refractivity contribution in [3.05, 3.63) is 11.6 Å². The Kier molecular flexibility index (Phi) is 4.42. The van der Waals surface area contributed by atoms with E-state index in [1.54, 1.807) is 6.20 Å². The summed E-state index contributed by atoms with van der Waals surface area (Å²) in [5.41, 5.74) is 0. The molecule has 0 amide bonds. The van der Waals surface area contributed by atoms with Crippen LogP contribution in [-0.4, -0.2) is 9.59 Å². The zero-order valence-electron chi connectivity index (χ0n) is 3.03. The van der Waals surface area contributed by atoms with Crippen molar-refractivity contribution < 1.29 is 35.6 Å². The first kappa shape index (κ1) is 6.75. The molecule has 2 nitrogen and oxygen atoms in total. The number of nitrogens with zero attached hydrogens (tertiary/aromatic N) is 2. The van der Waals surface area contributed by atoms with E-state index in [1.807, 2.05) is 5.38 Å². The van der Waals surface area contributed by atoms with Crippen molar-refractivity contribution in [2.75, 3.05) is 0 Å². The van der Waals surface area contributed by atoms with E-state index in [4.69, 9.17) is 0 Å². The fourth-order valence-corrected chi connectivity index (χ4v) is 0.408. The van der Waals surface area contributed by atoms with E-state index >= 15 is 0 Å². The van der Waals surface area contributed by atoms with Crippen LogP contribution in [-0.2, 0) is 0 Å². The van der Waals surface area contributed by atoms with Crippen LogP contribution in [0.15, 0.2) is 11.6 Å². The van der Waals surface area contributed by atoms with Crippen LogP contribution >= 0.6 is 11.5 Å². The Hall–Kier alpha value is 0.755. The summed E-state index contributed by atoms with van der Waals surface area (Å²) in [5.74, 6) is 0. The minimum Gasteiger partial charge on any atom is -0.147 e. The smallest absolute Gasteiger partial charge is 0.0620 e. The molecule has 0 aromatic carbocycles. The van der Waals surface area contributed by atoms with Gasteiger partial charge in [-0.1, -0.05) is 4.49 Å². The van der Waals surface area contributed by atoms with Gasteiger partial charge in [-0.25, -0.2) is 0 Å². The number of aromatic nitrogens is 2. The van der Waals surface area contributed by atoms with E-state index < -0.39 is 0 Å². The van der Waals surface area contributed by atoms with Crippen LogP contribution in [0.4, 0.5) is 0 Å². The van der Waals surface area contributed by atoms with Gasteiger partial charge in [-0.2, -0.15) is 0 Å². The van der Waals surface area contributed by atoms with E-state index in [1.165, 1.54) is 11.5 Å². The van der Waals surface area contributed by atoms with Crippen molar-refractivity contribution in [1.82, 2.24) is 9.59 Å². The van der Waals surface area contributed by atoms with E-state index in [9.17, 15) is 0 Å². The van der Waals surface area contributed by atoms with Crippen molar-refractivity contribution in [3.8, 4) is 0 Å². The predicted molar refractivity (Wildman–Crippen MR) is 19.9 cm³/mol. The zero-order valence-corrected chi connectivity index (χ0v) is 7.48. The van der Waals surface area contributed by atoms with Crippen LogP contribution in [0.25, 0.3) is 0 Å². The first-order valence-corrected chi connectivity index (χ1v) is 2.05. The van der Waals surface area contributed by atoms with Crippen LogP contribution in [0.1, 0.15) is 0 Å². The first-order valence-electron chi connectivity index (χ1n) is 1.21. The monoisotopic (exact) mass is 225 g/mol. The molecular weight excluding hydrogens is 223 g/mol. The van der Waals surface area contributed by atoms with Gasteiger partial charge in [-0.3, -0.25) is 0 Å². The van der Waals surface area contributed by atoms with Gasteiger partial charge >= 0.3 is 0 Å². The van der Waals surface area contributed by atoms with Crippen LogP contribution in [0.2, 0.25) is 0 Å². The van der Waals surface area contributed by atoms with Gasteiger partial charge in [-0.15, -0.1) is 5.10 Å². The molecule has 1 rings (SSSR count). The molecule has 0 N–H and O–H groups in total. The molecule has 0 aliphatic rings. The minimum absolute atomic E-state index is 0. The van der Waals surface area contributed by atoms with Crippen LogP contribution in [0.3, 0.4) is 0 Å². The Morgan fingerprint density at radius 2 is 2.33 bits per heavy atom. The summed E-state index contributed by atoms with van der Waals surface area (Å²) in [6.07, 6.45) is 1.66. The zero-order chi connectivity index (χ0) is 3.54. The fourth-order valence-electron chi connectivity index (χ4n) is 0.136. The molecule has 1 heterocycles. The Morgan fingerprint density at radius 1 is 1.50 bits per heavy atom. The van der Waals surface area contributed by atoms with Gasteiger partial charge in [0.1, 0.15) is 0 Å². The summed E-state index contributed by atoms with van der Waals surface area (Å²) >= 11 is 1.35. The molecule has 1 radical (unpaired) electrons. The Balaban J connectivity index is 0.000000250.